The maximum absolute atomic E-state index is 14.3. The molecule has 2 saturated heterocycles. The van der Waals surface area contributed by atoms with Gasteiger partial charge in [-0.05, 0) is 56.5 Å². The first-order valence-electron chi connectivity index (χ1n) is 11.5. The van der Waals surface area contributed by atoms with Crippen LogP contribution in [-0.2, 0) is 20.7 Å². The van der Waals surface area contributed by atoms with E-state index in [-0.39, 0.29) is 18.2 Å². The quantitative estimate of drug-likeness (QED) is 0.400. The van der Waals surface area contributed by atoms with Gasteiger partial charge in [0.25, 0.3) is 11.6 Å². The summed E-state index contributed by atoms with van der Waals surface area (Å²) in [6.45, 7) is 7.79. The monoisotopic (exact) mass is 478 g/mol. The molecule has 2 aromatic rings. The molecule has 1 N–H and O–H groups in total. The van der Waals surface area contributed by atoms with Crippen molar-refractivity contribution in [3.05, 3.63) is 63.2 Å². The summed E-state index contributed by atoms with van der Waals surface area (Å²) in [5.41, 5.74) is 1.42. The molecule has 35 heavy (non-hydrogen) atoms. The molecule has 2 fully saturated rings. The van der Waals surface area contributed by atoms with E-state index in [9.17, 15) is 24.5 Å². The van der Waals surface area contributed by atoms with Crippen molar-refractivity contribution in [1.82, 2.24) is 5.32 Å². The Kier molecular flexibility index (Phi) is 5.17. The van der Waals surface area contributed by atoms with Crippen LogP contribution < -0.4 is 15.1 Å². The van der Waals surface area contributed by atoms with Gasteiger partial charge in [0.2, 0.25) is 5.91 Å². The lowest BCUT2D eigenvalue weighted by molar-refractivity contribution is -0.384. The molecule has 3 aliphatic rings. The largest absolute Gasteiger partial charge is 0.372 e. The van der Waals surface area contributed by atoms with Crippen molar-refractivity contribution in [3.8, 4) is 0 Å². The summed E-state index contributed by atoms with van der Waals surface area (Å²) in [4.78, 5) is 55.0. The molecule has 1 spiro atoms. The fourth-order valence-electron chi connectivity index (χ4n) is 5.82. The van der Waals surface area contributed by atoms with E-state index in [0.717, 1.165) is 21.7 Å². The van der Waals surface area contributed by atoms with Gasteiger partial charge in [-0.2, -0.15) is 0 Å². The molecule has 0 bridgehead atoms. The zero-order valence-corrected chi connectivity index (χ0v) is 19.9. The third kappa shape index (κ3) is 3.23. The van der Waals surface area contributed by atoms with Gasteiger partial charge in [0.15, 0.2) is 5.41 Å². The number of rotatable bonds is 2. The Morgan fingerprint density at radius 3 is 2.57 bits per heavy atom. The average Bonchev–Trinajstić information content (AvgIpc) is 2.79. The third-order valence-electron chi connectivity index (χ3n) is 7.47. The summed E-state index contributed by atoms with van der Waals surface area (Å²) >= 11 is 0. The molecule has 0 aliphatic carbocycles. The number of barbiturate groups is 1. The number of nitrogens with one attached hydrogen (secondary N) is 1. The molecule has 0 aromatic heterocycles. The molecule has 0 unspecified atom stereocenters. The number of hydrogen-bond donors (Lipinski definition) is 1. The van der Waals surface area contributed by atoms with Gasteiger partial charge >= 0.3 is 6.03 Å². The van der Waals surface area contributed by atoms with Gasteiger partial charge in [0, 0.05) is 30.8 Å². The second-order valence-electron chi connectivity index (χ2n) is 9.59. The Balaban J connectivity index is 1.73. The van der Waals surface area contributed by atoms with Gasteiger partial charge in [0.1, 0.15) is 0 Å². The summed E-state index contributed by atoms with van der Waals surface area (Å²) in [6.07, 6.45) is -0.810. The molecule has 3 aliphatic heterocycles. The van der Waals surface area contributed by atoms with E-state index in [0.29, 0.717) is 17.8 Å². The number of benzene rings is 2. The normalized spacial score (nSPS) is 28.0. The second-order valence-corrected chi connectivity index (χ2v) is 9.59. The number of aryl methyl sites for hydroxylation is 1. The van der Waals surface area contributed by atoms with Gasteiger partial charge in [-0.15, -0.1) is 0 Å². The number of hydrogen-bond acceptors (Lipinski definition) is 7. The fraction of sp³-hybridized carbons (Fsp3) is 0.400. The number of morpholine rings is 1. The van der Waals surface area contributed by atoms with Crippen LogP contribution in [0.1, 0.15) is 30.5 Å². The molecular weight excluding hydrogens is 452 g/mol. The number of anilines is 2. The fourth-order valence-corrected chi connectivity index (χ4v) is 5.82. The smallest absolute Gasteiger partial charge is 0.335 e. The Morgan fingerprint density at radius 1 is 1.11 bits per heavy atom. The van der Waals surface area contributed by atoms with Gasteiger partial charge in [-0.1, -0.05) is 12.1 Å². The number of non-ortho nitro benzene ring substituents is 1. The summed E-state index contributed by atoms with van der Waals surface area (Å²) in [7, 11) is 0. The molecule has 10 heteroatoms. The highest BCUT2D eigenvalue weighted by Crippen LogP contribution is 2.49. The average molecular weight is 479 g/mol. The van der Waals surface area contributed by atoms with E-state index < -0.39 is 40.3 Å². The predicted octanol–water partition coefficient (Wildman–Crippen LogP) is 3.02. The minimum absolute atomic E-state index is 0.0907. The van der Waals surface area contributed by atoms with Crippen LogP contribution >= 0.6 is 0 Å². The lowest BCUT2D eigenvalue weighted by Crippen LogP contribution is -2.76. The van der Waals surface area contributed by atoms with Crippen molar-refractivity contribution in [2.45, 2.75) is 52.4 Å². The first kappa shape index (κ1) is 23.0. The topological polar surface area (TPSA) is 122 Å². The number of amides is 4. The number of imide groups is 2. The van der Waals surface area contributed by atoms with Crippen molar-refractivity contribution < 1.29 is 24.0 Å². The molecule has 3 heterocycles. The standard InChI is InChI=1S/C25H26N4O6/c1-13-6-5-7-19(15(13)3)28-23(31)25(22(30)26-24(28)32)11-17-10-18(29(33)34)8-9-20(17)27-12-14(2)35-16(4)21(25)27/h5-10,14,16,21H,11-12H2,1-4H3,(H,26,30,32)/t14-,16+,21-,25-/m1/s1. The number of nitro benzene ring substituents is 1. The predicted molar refractivity (Wildman–Crippen MR) is 127 cm³/mol. The maximum atomic E-state index is 14.3. The van der Waals surface area contributed by atoms with Crippen LogP contribution in [0.15, 0.2) is 36.4 Å². The highest BCUT2D eigenvalue weighted by molar-refractivity contribution is 6.31. The van der Waals surface area contributed by atoms with E-state index >= 15 is 0 Å². The molecule has 182 valence electrons. The zero-order valence-electron chi connectivity index (χ0n) is 19.9. The van der Waals surface area contributed by atoms with Crippen LogP contribution in [-0.4, -0.2) is 47.6 Å². The molecule has 4 amide bonds. The minimum atomic E-state index is -1.72. The van der Waals surface area contributed by atoms with E-state index in [2.05, 4.69) is 5.32 Å². The molecule has 0 radical (unpaired) electrons. The van der Waals surface area contributed by atoms with Crippen molar-refractivity contribution >= 4 is 34.9 Å². The van der Waals surface area contributed by atoms with Crippen LogP contribution in [0.25, 0.3) is 0 Å². The van der Waals surface area contributed by atoms with Crippen molar-refractivity contribution in [2.24, 2.45) is 5.41 Å². The van der Waals surface area contributed by atoms with E-state index in [4.69, 9.17) is 4.74 Å². The van der Waals surface area contributed by atoms with Crippen LogP contribution in [0.4, 0.5) is 21.9 Å². The summed E-state index contributed by atoms with van der Waals surface area (Å²) in [5, 5.41) is 13.9. The van der Waals surface area contributed by atoms with Crippen LogP contribution in [0.2, 0.25) is 0 Å². The van der Waals surface area contributed by atoms with Crippen molar-refractivity contribution in [2.75, 3.05) is 16.3 Å². The lowest BCUT2D eigenvalue weighted by Gasteiger charge is -2.56. The lowest BCUT2D eigenvalue weighted by atomic mass is 9.66. The van der Waals surface area contributed by atoms with Gasteiger partial charge < -0.3 is 9.64 Å². The minimum Gasteiger partial charge on any atom is -0.372 e. The van der Waals surface area contributed by atoms with Crippen LogP contribution in [0.3, 0.4) is 0 Å². The summed E-state index contributed by atoms with van der Waals surface area (Å²) in [6, 6.07) is 8.28. The van der Waals surface area contributed by atoms with Crippen molar-refractivity contribution in [1.29, 1.82) is 0 Å². The highest BCUT2D eigenvalue weighted by Gasteiger charge is 2.65. The SMILES string of the molecule is Cc1cccc(N2C(=O)NC(=O)[C@]3(Cc4cc([N+](=O)[O-])ccc4N4C[C@@H](C)O[C@@H](C)[C@@H]43)C2=O)c1C. The number of nitro groups is 1. The Labute approximate surface area is 202 Å². The van der Waals surface area contributed by atoms with E-state index in [1.165, 1.54) is 12.1 Å². The van der Waals surface area contributed by atoms with Crippen LogP contribution in [0, 0.1) is 29.4 Å². The first-order chi connectivity index (χ1) is 16.6. The summed E-state index contributed by atoms with van der Waals surface area (Å²) < 4.78 is 6.08. The second kappa shape index (κ2) is 7.88. The number of fused-ring (bicyclic) bond motifs is 4. The number of urea groups is 1. The Bertz CT molecular complexity index is 1290. The first-order valence-corrected chi connectivity index (χ1v) is 11.5. The van der Waals surface area contributed by atoms with Crippen molar-refractivity contribution in [3.63, 3.8) is 0 Å². The highest BCUT2D eigenvalue weighted by atomic mass is 16.6. The van der Waals surface area contributed by atoms with E-state index in [1.807, 2.05) is 38.7 Å². The maximum Gasteiger partial charge on any atom is 0.335 e. The number of carbonyl (C=O) groups is 3. The van der Waals surface area contributed by atoms with Gasteiger partial charge in [-0.3, -0.25) is 25.0 Å². The van der Waals surface area contributed by atoms with Gasteiger partial charge in [-0.25, -0.2) is 9.69 Å². The van der Waals surface area contributed by atoms with E-state index in [1.54, 1.807) is 18.2 Å². The Hall–Kier alpha value is -3.79. The van der Waals surface area contributed by atoms with Gasteiger partial charge in [0.05, 0.1) is 28.9 Å². The number of ether oxygens (including phenoxy) is 1. The molecule has 2 aromatic carbocycles. The molecule has 5 rings (SSSR count). The molecule has 4 atom stereocenters. The molecule has 10 nitrogen and oxygen atoms in total. The van der Waals surface area contributed by atoms with Crippen LogP contribution in [0.5, 0.6) is 0 Å². The number of nitrogens with zero attached hydrogens (tertiary/aromatic N) is 3. The Morgan fingerprint density at radius 2 is 1.86 bits per heavy atom. The molecule has 0 saturated carbocycles. The molecular formula is C25H26N4O6. The third-order valence-corrected chi connectivity index (χ3v) is 7.47. The zero-order chi connectivity index (χ0) is 25.2. The number of carbonyl (C=O) groups excluding carboxylic acids is 3. The summed E-state index contributed by atoms with van der Waals surface area (Å²) in [5.74, 6) is -1.37.